The molecule has 0 atom stereocenters. The van der Waals surface area contributed by atoms with Gasteiger partial charge >= 0.3 is 0 Å². The Balaban J connectivity index is 2.95. The van der Waals surface area contributed by atoms with Crippen LogP contribution in [0.15, 0.2) is 29.3 Å². The van der Waals surface area contributed by atoms with Crippen LogP contribution < -0.4 is 0 Å². The van der Waals surface area contributed by atoms with Crippen molar-refractivity contribution in [2.24, 2.45) is 4.99 Å². The Hall–Kier alpha value is -1.98. The van der Waals surface area contributed by atoms with Crippen molar-refractivity contribution in [3.05, 3.63) is 34.4 Å². The Morgan fingerprint density at radius 1 is 1.77 bits per heavy atom. The van der Waals surface area contributed by atoms with Gasteiger partial charge in [-0.3, -0.25) is 19.8 Å². The van der Waals surface area contributed by atoms with E-state index in [1.165, 1.54) is 25.4 Å². The van der Waals surface area contributed by atoms with Gasteiger partial charge in [0, 0.05) is 19.3 Å². The summed E-state index contributed by atoms with van der Waals surface area (Å²) < 4.78 is 0. The van der Waals surface area contributed by atoms with Gasteiger partial charge in [-0.2, -0.15) is 0 Å². The highest BCUT2D eigenvalue weighted by Crippen LogP contribution is 2.10. The van der Waals surface area contributed by atoms with Crippen LogP contribution in [0.1, 0.15) is 6.92 Å². The number of amides is 1. The van der Waals surface area contributed by atoms with Gasteiger partial charge in [0.05, 0.1) is 4.92 Å². The van der Waals surface area contributed by atoms with E-state index in [1.54, 1.807) is 0 Å². The van der Waals surface area contributed by atoms with Crippen molar-refractivity contribution in [1.82, 2.24) is 4.90 Å². The first-order valence-electron chi connectivity index (χ1n) is 3.47. The maximum atomic E-state index is 10.9. The zero-order chi connectivity index (χ0) is 9.84. The lowest BCUT2D eigenvalue weighted by molar-refractivity contribution is -0.404. The highest BCUT2D eigenvalue weighted by Gasteiger charge is 2.15. The number of nitrogens with zero attached hydrogens (tertiary/aromatic N) is 3. The first-order chi connectivity index (χ1) is 6.11. The Morgan fingerprint density at radius 2 is 2.46 bits per heavy atom. The molecule has 1 rings (SSSR count). The van der Waals surface area contributed by atoms with E-state index in [4.69, 9.17) is 0 Å². The van der Waals surface area contributed by atoms with Crippen molar-refractivity contribution < 1.29 is 9.72 Å². The van der Waals surface area contributed by atoms with Crippen molar-refractivity contribution >= 4 is 12.1 Å². The SMILES string of the molecule is CC(=O)N1C=CC=NC1=C[N+](=O)[O-]. The van der Waals surface area contributed by atoms with Crippen LogP contribution in [0.25, 0.3) is 0 Å². The van der Waals surface area contributed by atoms with Crippen molar-refractivity contribution in [1.29, 1.82) is 0 Å². The molecular formula is C7H7N3O3. The molecule has 68 valence electrons. The Bertz CT molecular complexity index is 330. The minimum Gasteiger partial charge on any atom is -0.274 e. The average molecular weight is 181 g/mol. The van der Waals surface area contributed by atoms with Crippen molar-refractivity contribution in [2.75, 3.05) is 0 Å². The summed E-state index contributed by atoms with van der Waals surface area (Å²) in [6, 6.07) is 0. The zero-order valence-corrected chi connectivity index (χ0v) is 6.88. The predicted octanol–water partition coefficient (Wildman–Crippen LogP) is 0.509. The molecule has 0 N–H and O–H groups in total. The number of nitro groups is 1. The van der Waals surface area contributed by atoms with Gasteiger partial charge in [-0.1, -0.05) is 0 Å². The molecule has 0 aliphatic carbocycles. The van der Waals surface area contributed by atoms with Gasteiger partial charge < -0.3 is 0 Å². The number of hydrogen-bond donors (Lipinski definition) is 0. The molecular weight excluding hydrogens is 174 g/mol. The second-order valence-corrected chi connectivity index (χ2v) is 2.28. The predicted molar refractivity (Wildman–Crippen MR) is 45.2 cm³/mol. The molecule has 0 radical (unpaired) electrons. The van der Waals surface area contributed by atoms with Crippen LogP contribution in [0.2, 0.25) is 0 Å². The van der Waals surface area contributed by atoms with Crippen LogP contribution in [0.3, 0.4) is 0 Å². The number of rotatable bonds is 1. The molecule has 6 nitrogen and oxygen atoms in total. The molecule has 0 fully saturated rings. The standard InChI is InChI=1S/C7H7N3O3/c1-6(11)9-4-2-3-8-7(9)5-10(12)13/h2-5H,1H3. The summed E-state index contributed by atoms with van der Waals surface area (Å²) in [7, 11) is 0. The number of aliphatic imine (C=N–C) groups is 1. The Kier molecular flexibility index (Phi) is 2.53. The highest BCUT2D eigenvalue weighted by atomic mass is 16.6. The van der Waals surface area contributed by atoms with Crippen LogP contribution in [0.5, 0.6) is 0 Å². The quantitative estimate of drug-likeness (QED) is 0.436. The first kappa shape index (κ1) is 9.11. The summed E-state index contributed by atoms with van der Waals surface area (Å²) in [5, 5.41) is 10.1. The minimum atomic E-state index is -0.651. The summed E-state index contributed by atoms with van der Waals surface area (Å²) in [4.78, 5) is 25.2. The summed E-state index contributed by atoms with van der Waals surface area (Å²) in [6.07, 6.45) is 5.01. The normalized spacial score (nSPS) is 17.9. The number of hydrogen-bond acceptors (Lipinski definition) is 4. The fourth-order valence-corrected chi connectivity index (χ4v) is 0.839. The van der Waals surface area contributed by atoms with E-state index in [9.17, 15) is 14.9 Å². The fourth-order valence-electron chi connectivity index (χ4n) is 0.839. The molecule has 0 aromatic heterocycles. The van der Waals surface area contributed by atoms with Crippen molar-refractivity contribution in [2.45, 2.75) is 6.92 Å². The summed E-state index contributed by atoms with van der Waals surface area (Å²) >= 11 is 0. The number of carbonyl (C=O) groups excluding carboxylic acids is 1. The highest BCUT2D eigenvalue weighted by molar-refractivity contribution is 5.81. The van der Waals surface area contributed by atoms with Gasteiger partial charge in [-0.25, -0.2) is 4.99 Å². The lowest BCUT2D eigenvalue weighted by atomic mass is 10.4. The maximum Gasteiger partial charge on any atom is 0.277 e. The molecule has 0 saturated heterocycles. The third kappa shape index (κ3) is 2.22. The minimum absolute atomic E-state index is 0.0139. The first-order valence-corrected chi connectivity index (χ1v) is 3.47. The molecule has 0 unspecified atom stereocenters. The number of carbonyl (C=O) groups is 1. The van der Waals surface area contributed by atoms with E-state index in [2.05, 4.69) is 4.99 Å². The number of allylic oxidation sites excluding steroid dienone is 1. The molecule has 1 aliphatic heterocycles. The molecule has 1 amide bonds. The van der Waals surface area contributed by atoms with E-state index in [-0.39, 0.29) is 11.7 Å². The topological polar surface area (TPSA) is 75.8 Å². The van der Waals surface area contributed by atoms with Crippen LogP contribution in [0, 0.1) is 10.1 Å². The zero-order valence-electron chi connectivity index (χ0n) is 6.88. The van der Waals surface area contributed by atoms with E-state index in [0.29, 0.717) is 6.20 Å². The second kappa shape index (κ2) is 3.61. The monoisotopic (exact) mass is 181 g/mol. The van der Waals surface area contributed by atoms with Crippen LogP contribution in [0.4, 0.5) is 0 Å². The van der Waals surface area contributed by atoms with Crippen molar-refractivity contribution in [3.8, 4) is 0 Å². The third-order valence-electron chi connectivity index (χ3n) is 1.33. The summed E-state index contributed by atoms with van der Waals surface area (Å²) in [6.45, 7) is 1.30. The maximum absolute atomic E-state index is 10.9. The molecule has 0 bridgehead atoms. The molecule has 1 heterocycles. The molecule has 0 aromatic carbocycles. The molecule has 0 aromatic rings. The summed E-state index contributed by atoms with van der Waals surface area (Å²) in [5.74, 6) is -0.304. The van der Waals surface area contributed by atoms with Crippen molar-refractivity contribution in [3.63, 3.8) is 0 Å². The lowest BCUT2D eigenvalue weighted by Gasteiger charge is -2.15. The fraction of sp³-hybridized carbons (Fsp3) is 0.143. The van der Waals surface area contributed by atoms with Gasteiger partial charge in [-0.15, -0.1) is 0 Å². The molecule has 6 heteroatoms. The largest absolute Gasteiger partial charge is 0.277 e. The Labute approximate surface area is 74.0 Å². The Morgan fingerprint density at radius 3 is 3.00 bits per heavy atom. The summed E-state index contributed by atoms with van der Waals surface area (Å²) in [5.41, 5.74) is 0. The molecule has 1 aliphatic rings. The van der Waals surface area contributed by atoms with Crippen LogP contribution in [-0.2, 0) is 4.79 Å². The molecule has 0 saturated carbocycles. The third-order valence-corrected chi connectivity index (χ3v) is 1.33. The van der Waals surface area contributed by atoms with Gasteiger partial charge in [0.1, 0.15) is 0 Å². The van der Waals surface area contributed by atoms with E-state index in [0.717, 1.165) is 4.90 Å². The van der Waals surface area contributed by atoms with Crippen LogP contribution >= 0.6 is 0 Å². The van der Waals surface area contributed by atoms with Crippen LogP contribution in [-0.4, -0.2) is 21.9 Å². The van der Waals surface area contributed by atoms with Gasteiger partial charge in [0.25, 0.3) is 6.20 Å². The van der Waals surface area contributed by atoms with E-state index >= 15 is 0 Å². The van der Waals surface area contributed by atoms with Gasteiger partial charge in [-0.05, 0) is 6.08 Å². The molecule has 13 heavy (non-hydrogen) atoms. The molecule has 0 spiro atoms. The lowest BCUT2D eigenvalue weighted by Crippen LogP contribution is -2.23. The average Bonchev–Trinajstić information content (AvgIpc) is 2.03. The van der Waals surface area contributed by atoms with Gasteiger partial charge in [0.2, 0.25) is 11.7 Å². The van der Waals surface area contributed by atoms with Gasteiger partial charge in [0.15, 0.2) is 0 Å². The smallest absolute Gasteiger partial charge is 0.274 e. The van der Waals surface area contributed by atoms with E-state index in [1.807, 2.05) is 0 Å². The second-order valence-electron chi connectivity index (χ2n) is 2.28. The van der Waals surface area contributed by atoms with E-state index < -0.39 is 4.92 Å².